The minimum absolute atomic E-state index is 0.137. The van der Waals surface area contributed by atoms with Crippen molar-refractivity contribution in [1.82, 2.24) is 0 Å². The summed E-state index contributed by atoms with van der Waals surface area (Å²) in [5.74, 6) is 2.02. The molecule has 0 saturated heterocycles. The van der Waals surface area contributed by atoms with Gasteiger partial charge in [0.15, 0.2) is 0 Å². The third-order valence-electron chi connectivity index (χ3n) is 11.9. The van der Waals surface area contributed by atoms with Gasteiger partial charge in [0.1, 0.15) is 11.9 Å². The van der Waals surface area contributed by atoms with Gasteiger partial charge in [-0.2, -0.15) is 12.6 Å². The summed E-state index contributed by atoms with van der Waals surface area (Å²) >= 11 is 4.23. The van der Waals surface area contributed by atoms with Gasteiger partial charge in [-0.3, -0.25) is 9.59 Å². The molecule has 4 aliphatic rings. The number of hydrogen-bond donors (Lipinski definition) is 2. The van der Waals surface area contributed by atoms with Crippen LogP contribution in [0.3, 0.4) is 0 Å². The van der Waals surface area contributed by atoms with E-state index in [4.69, 9.17) is 4.74 Å². The van der Waals surface area contributed by atoms with E-state index in [2.05, 4.69) is 33.4 Å². The number of ketones is 1. The van der Waals surface area contributed by atoms with Gasteiger partial charge >= 0.3 is 11.9 Å². The third kappa shape index (κ3) is 5.31. The highest BCUT2D eigenvalue weighted by Crippen LogP contribution is 2.68. The number of hydrogen-bond acceptors (Lipinski definition) is 5. The molecule has 1 aromatic rings. The molecule has 4 aliphatic carbocycles. The van der Waals surface area contributed by atoms with Crippen LogP contribution in [0, 0.1) is 46.3 Å². The molecule has 214 valence electrons. The summed E-state index contributed by atoms with van der Waals surface area (Å²) in [4.78, 5) is 37.1. The van der Waals surface area contributed by atoms with E-state index in [0.29, 0.717) is 60.2 Å². The minimum Gasteiger partial charge on any atom is -0.480 e. The van der Waals surface area contributed by atoms with Crippen LogP contribution in [0.25, 0.3) is 0 Å². The molecule has 5 rings (SSSR count). The quantitative estimate of drug-likeness (QED) is 0.262. The van der Waals surface area contributed by atoms with Crippen LogP contribution in [0.15, 0.2) is 30.3 Å². The third-order valence-corrected chi connectivity index (χ3v) is 12.4. The predicted molar refractivity (Wildman–Crippen MR) is 155 cm³/mol. The molecule has 4 saturated carbocycles. The van der Waals surface area contributed by atoms with E-state index in [1.165, 1.54) is 12.8 Å². The molecule has 1 N–H and O–H groups in total. The Hall–Kier alpha value is -1.82. The van der Waals surface area contributed by atoms with Crippen molar-refractivity contribution in [3.8, 4) is 0 Å². The van der Waals surface area contributed by atoms with Gasteiger partial charge < -0.3 is 9.84 Å². The van der Waals surface area contributed by atoms with Crippen LogP contribution in [0.5, 0.6) is 0 Å². The van der Waals surface area contributed by atoms with Crippen molar-refractivity contribution in [3.63, 3.8) is 0 Å². The Morgan fingerprint density at radius 1 is 1.05 bits per heavy atom. The largest absolute Gasteiger partial charge is 0.480 e. The lowest BCUT2D eigenvalue weighted by Crippen LogP contribution is -2.59. The van der Waals surface area contributed by atoms with E-state index in [1.54, 1.807) is 0 Å². The monoisotopic (exact) mass is 554 g/mol. The SMILES string of the molecule is C[C@H](CCC[C@H](S)C(=O)O)[C@H]1CCC2C3C(CC[C@@]21C)[C@@]1(C)CCC(=O)C[C@@H]1C[C@H]3OC(=O)c1ccccc1. The number of esters is 1. The fraction of sp³-hybridized carbons (Fsp3) is 0.727. The van der Waals surface area contributed by atoms with Crippen LogP contribution >= 0.6 is 12.6 Å². The van der Waals surface area contributed by atoms with Crippen LogP contribution < -0.4 is 0 Å². The Labute approximate surface area is 239 Å². The van der Waals surface area contributed by atoms with Gasteiger partial charge in [0.2, 0.25) is 0 Å². The van der Waals surface area contributed by atoms with Crippen molar-refractivity contribution < 1.29 is 24.2 Å². The molecule has 0 spiro atoms. The highest BCUT2D eigenvalue weighted by atomic mass is 32.1. The zero-order chi connectivity index (χ0) is 27.9. The van der Waals surface area contributed by atoms with Gasteiger partial charge in [-0.05, 0) is 97.5 Å². The van der Waals surface area contributed by atoms with Crippen molar-refractivity contribution in [2.75, 3.05) is 0 Å². The maximum Gasteiger partial charge on any atom is 0.338 e. The van der Waals surface area contributed by atoms with Crippen molar-refractivity contribution in [1.29, 1.82) is 0 Å². The minimum atomic E-state index is -0.832. The summed E-state index contributed by atoms with van der Waals surface area (Å²) in [7, 11) is 0. The molecule has 0 aromatic heterocycles. The second-order valence-corrected chi connectivity index (χ2v) is 14.4. The zero-order valence-corrected chi connectivity index (χ0v) is 24.7. The van der Waals surface area contributed by atoms with Gasteiger partial charge in [-0.25, -0.2) is 4.79 Å². The fourth-order valence-corrected chi connectivity index (χ4v) is 10.0. The summed E-state index contributed by atoms with van der Waals surface area (Å²) in [6.45, 7) is 7.29. The number of fused-ring (bicyclic) bond motifs is 5. The first-order valence-corrected chi connectivity index (χ1v) is 15.7. The average Bonchev–Trinajstić information content (AvgIpc) is 3.27. The van der Waals surface area contributed by atoms with Crippen molar-refractivity contribution >= 4 is 30.4 Å². The zero-order valence-electron chi connectivity index (χ0n) is 23.8. The number of carbonyl (C=O) groups excluding carboxylic acids is 2. The molecular weight excluding hydrogens is 508 g/mol. The highest BCUT2D eigenvalue weighted by molar-refractivity contribution is 7.81. The number of aliphatic carboxylic acids is 1. The number of benzene rings is 1. The lowest BCUT2D eigenvalue weighted by Gasteiger charge is -2.62. The molecule has 5 nitrogen and oxygen atoms in total. The molecule has 39 heavy (non-hydrogen) atoms. The second-order valence-electron chi connectivity index (χ2n) is 13.8. The van der Waals surface area contributed by atoms with Gasteiger partial charge in [-0.1, -0.05) is 51.8 Å². The van der Waals surface area contributed by atoms with Crippen LogP contribution in [0.2, 0.25) is 0 Å². The van der Waals surface area contributed by atoms with Crippen LogP contribution in [0.4, 0.5) is 0 Å². The summed E-state index contributed by atoms with van der Waals surface area (Å²) in [6, 6.07) is 9.33. The van der Waals surface area contributed by atoms with E-state index in [-0.39, 0.29) is 28.8 Å². The van der Waals surface area contributed by atoms with Crippen molar-refractivity contribution in [2.24, 2.45) is 46.3 Å². The Morgan fingerprint density at radius 2 is 1.77 bits per heavy atom. The first kappa shape index (κ1) is 28.7. The Morgan fingerprint density at radius 3 is 2.49 bits per heavy atom. The maximum absolute atomic E-state index is 13.3. The Kier molecular flexibility index (Phi) is 8.25. The number of rotatable bonds is 8. The summed E-state index contributed by atoms with van der Waals surface area (Å²) in [6.07, 6.45) is 10.1. The van der Waals surface area contributed by atoms with Crippen molar-refractivity contribution in [3.05, 3.63) is 35.9 Å². The molecule has 0 heterocycles. The fourth-order valence-electron chi connectivity index (χ4n) is 9.82. The lowest BCUT2D eigenvalue weighted by atomic mass is 9.43. The summed E-state index contributed by atoms with van der Waals surface area (Å²) in [5.41, 5.74) is 0.929. The Bertz CT molecular complexity index is 1070. The summed E-state index contributed by atoms with van der Waals surface area (Å²) in [5, 5.41) is 8.63. The highest BCUT2D eigenvalue weighted by Gasteiger charge is 2.63. The number of Topliss-reactive ketones (excluding diaryl/α,β-unsaturated/α-hetero) is 1. The van der Waals surface area contributed by atoms with E-state index in [0.717, 1.165) is 38.5 Å². The van der Waals surface area contributed by atoms with E-state index in [9.17, 15) is 19.5 Å². The molecule has 6 heteroatoms. The molecule has 0 amide bonds. The second kappa shape index (κ2) is 11.2. The van der Waals surface area contributed by atoms with Crippen LogP contribution in [-0.4, -0.2) is 34.2 Å². The number of carboxylic acids is 1. The van der Waals surface area contributed by atoms with Gasteiger partial charge in [-0.15, -0.1) is 0 Å². The van der Waals surface area contributed by atoms with E-state index < -0.39 is 11.2 Å². The number of carbonyl (C=O) groups is 3. The molecule has 4 fully saturated rings. The molecule has 3 unspecified atom stereocenters. The maximum atomic E-state index is 13.3. The number of carboxylic acid groups (broad SMARTS) is 1. The van der Waals surface area contributed by atoms with E-state index in [1.807, 2.05) is 30.3 Å². The molecular formula is C33H46O5S. The number of thiol groups is 1. The molecule has 0 radical (unpaired) electrons. The average molecular weight is 555 g/mol. The number of ether oxygens (including phenoxy) is 1. The first-order valence-electron chi connectivity index (χ1n) is 15.2. The molecule has 1 aromatic carbocycles. The van der Waals surface area contributed by atoms with Gasteiger partial charge in [0, 0.05) is 18.8 Å². The van der Waals surface area contributed by atoms with Gasteiger partial charge in [0.05, 0.1) is 10.8 Å². The van der Waals surface area contributed by atoms with Gasteiger partial charge in [0.25, 0.3) is 0 Å². The lowest BCUT2D eigenvalue weighted by molar-refractivity contribution is -0.170. The topological polar surface area (TPSA) is 80.7 Å². The summed E-state index contributed by atoms with van der Waals surface area (Å²) < 4.78 is 6.42. The van der Waals surface area contributed by atoms with Crippen LogP contribution in [0.1, 0.15) is 102 Å². The smallest absolute Gasteiger partial charge is 0.338 e. The predicted octanol–water partition coefficient (Wildman–Crippen LogP) is 7.24. The Balaban J connectivity index is 1.38. The standard InChI is InChI=1S/C33H46O5S/c1-20(8-7-11-28(39)30(35)36)24-12-13-25-29-26(15-17-33(24,25)3)32(2)16-14-23(34)18-22(32)19-27(29)38-31(37)21-9-5-4-6-10-21/h4-6,9-10,20,22,24-29,39H,7-8,11-19H2,1-3H3,(H,35,36)/t20-,22-,24-,25?,26?,27-,28+,29?,32+,33-/m1/s1. The molecule has 0 aliphatic heterocycles. The van der Waals surface area contributed by atoms with Crippen molar-refractivity contribution in [2.45, 2.75) is 103 Å². The van der Waals surface area contributed by atoms with E-state index >= 15 is 0 Å². The molecule has 10 atom stereocenters. The van der Waals surface area contributed by atoms with Crippen LogP contribution in [-0.2, 0) is 14.3 Å². The first-order chi connectivity index (χ1) is 18.5. The molecule has 0 bridgehead atoms. The normalized spacial score (nSPS) is 39.1.